The summed E-state index contributed by atoms with van der Waals surface area (Å²) in [5.74, 6) is 0. The van der Waals surface area contributed by atoms with Crippen molar-refractivity contribution in [1.82, 2.24) is 0 Å². The van der Waals surface area contributed by atoms with E-state index in [1.54, 1.807) is 0 Å². The average Bonchev–Trinajstić information content (AvgIpc) is 3.07. The van der Waals surface area contributed by atoms with E-state index >= 15 is 0 Å². The second-order valence-corrected chi connectivity index (χ2v) is 10.6. The molecule has 0 saturated carbocycles. The Morgan fingerprint density at radius 2 is 0.977 bits per heavy atom. The molecule has 5 rings (SSSR count). The summed E-state index contributed by atoms with van der Waals surface area (Å²) in [5.41, 5.74) is 4.12. The van der Waals surface area contributed by atoms with Crippen LogP contribution in [0.1, 0.15) is 22.3 Å². The molecule has 0 amide bonds. The van der Waals surface area contributed by atoms with Gasteiger partial charge in [0, 0.05) is 0 Å². The van der Waals surface area contributed by atoms with Crippen molar-refractivity contribution in [3.8, 4) is 0 Å². The molecule has 0 bridgehead atoms. The molecule has 1 unspecified atom stereocenters. The number of benzene rings is 4. The van der Waals surface area contributed by atoms with Crippen molar-refractivity contribution >= 4 is 0 Å². The number of ether oxygens (including phenoxy) is 5. The molecule has 0 radical (unpaired) electrons. The predicted molar refractivity (Wildman–Crippen MR) is 166 cm³/mol. The van der Waals surface area contributed by atoms with Crippen molar-refractivity contribution in [1.29, 1.82) is 0 Å². The maximum absolute atomic E-state index is 11.1. The molecule has 1 heterocycles. The SMILES string of the molecule is C=CC(O)[C@@H]1O[C@H](COCc2ccccc2)[C@@H](OCc2ccccc2)[C@H](OCc2ccccc2)[C@H]1OCc1ccccc1. The lowest BCUT2D eigenvalue weighted by Crippen LogP contribution is -2.63. The van der Waals surface area contributed by atoms with Crippen molar-refractivity contribution < 1.29 is 28.8 Å². The molecule has 6 heteroatoms. The molecule has 0 spiro atoms. The quantitative estimate of drug-likeness (QED) is 0.167. The summed E-state index contributed by atoms with van der Waals surface area (Å²) < 4.78 is 32.6. The summed E-state index contributed by atoms with van der Waals surface area (Å²) in [4.78, 5) is 0. The monoisotopic (exact) mass is 580 g/mol. The normalized spacial score (nSPS) is 22.6. The molecule has 1 fully saturated rings. The van der Waals surface area contributed by atoms with Gasteiger partial charge in [0.1, 0.15) is 36.6 Å². The number of aliphatic hydroxyl groups is 1. The highest BCUT2D eigenvalue weighted by molar-refractivity contribution is 5.17. The van der Waals surface area contributed by atoms with Gasteiger partial charge in [0.15, 0.2) is 0 Å². The number of rotatable bonds is 15. The van der Waals surface area contributed by atoms with Gasteiger partial charge in [0.2, 0.25) is 0 Å². The number of hydrogen-bond donors (Lipinski definition) is 1. The van der Waals surface area contributed by atoms with Crippen LogP contribution in [0, 0.1) is 0 Å². The Balaban J connectivity index is 1.43. The zero-order valence-electron chi connectivity index (χ0n) is 24.3. The molecular formula is C37H40O6. The molecular weight excluding hydrogens is 540 g/mol. The van der Waals surface area contributed by atoms with E-state index in [0.717, 1.165) is 22.3 Å². The minimum absolute atomic E-state index is 0.241. The van der Waals surface area contributed by atoms with Gasteiger partial charge >= 0.3 is 0 Å². The average molecular weight is 581 g/mol. The summed E-state index contributed by atoms with van der Waals surface area (Å²) in [6.07, 6.45) is -2.57. The van der Waals surface area contributed by atoms with E-state index in [4.69, 9.17) is 23.7 Å². The molecule has 0 aromatic heterocycles. The van der Waals surface area contributed by atoms with Crippen molar-refractivity contribution in [2.45, 2.75) is 63.1 Å². The first-order chi connectivity index (χ1) is 21.2. The summed E-state index contributed by atoms with van der Waals surface area (Å²) >= 11 is 0. The van der Waals surface area contributed by atoms with Gasteiger partial charge < -0.3 is 28.8 Å². The molecule has 4 aromatic rings. The summed E-state index contributed by atoms with van der Waals surface area (Å²) in [6.45, 7) is 5.52. The minimum atomic E-state index is -0.990. The summed E-state index contributed by atoms with van der Waals surface area (Å²) in [5, 5.41) is 11.1. The van der Waals surface area contributed by atoms with Gasteiger partial charge in [-0.3, -0.25) is 0 Å². The molecule has 1 aliphatic rings. The lowest BCUT2D eigenvalue weighted by molar-refractivity contribution is -0.283. The molecule has 4 aromatic carbocycles. The number of hydrogen-bond acceptors (Lipinski definition) is 6. The van der Waals surface area contributed by atoms with Gasteiger partial charge in [-0.25, -0.2) is 0 Å². The van der Waals surface area contributed by atoms with Gasteiger partial charge in [0.05, 0.1) is 33.0 Å². The van der Waals surface area contributed by atoms with E-state index in [-0.39, 0.29) is 6.61 Å². The Bertz CT molecular complexity index is 1330. The highest BCUT2D eigenvalue weighted by Crippen LogP contribution is 2.32. The number of aliphatic hydroxyl groups excluding tert-OH is 1. The van der Waals surface area contributed by atoms with Gasteiger partial charge in [-0.05, 0) is 22.3 Å². The molecule has 1 N–H and O–H groups in total. The maximum Gasteiger partial charge on any atom is 0.116 e. The summed E-state index contributed by atoms with van der Waals surface area (Å²) in [6, 6.07) is 39.9. The smallest absolute Gasteiger partial charge is 0.116 e. The van der Waals surface area contributed by atoms with E-state index < -0.39 is 36.6 Å². The first-order valence-electron chi connectivity index (χ1n) is 14.8. The Kier molecular flexibility index (Phi) is 11.7. The van der Waals surface area contributed by atoms with Crippen LogP contribution in [0.2, 0.25) is 0 Å². The second-order valence-electron chi connectivity index (χ2n) is 10.6. The third-order valence-electron chi connectivity index (χ3n) is 7.50. The van der Waals surface area contributed by atoms with Gasteiger partial charge in [-0.2, -0.15) is 0 Å². The molecule has 43 heavy (non-hydrogen) atoms. The van der Waals surface area contributed by atoms with E-state index in [1.165, 1.54) is 6.08 Å². The lowest BCUT2D eigenvalue weighted by atomic mass is 9.91. The van der Waals surface area contributed by atoms with Crippen molar-refractivity contribution in [2.24, 2.45) is 0 Å². The zero-order chi connectivity index (χ0) is 29.7. The highest BCUT2D eigenvalue weighted by atomic mass is 16.6. The fraction of sp³-hybridized carbons (Fsp3) is 0.297. The van der Waals surface area contributed by atoms with E-state index in [0.29, 0.717) is 26.4 Å². The van der Waals surface area contributed by atoms with Crippen LogP contribution in [0.25, 0.3) is 0 Å². The maximum atomic E-state index is 11.1. The summed E-state index contributed by atoms with van der Waals surface area (Å²) in [7, 11) is 0. The van der Waals surface area contributed by atoms with Crippen LogP contribution in [-0.2, 0) is 50.1 Å². The molecule has 1 aliphatic heterocycles. The highest BCUT2D eigenvalue weighted by Gasteiger charge is 2.50. The van der Waals surface area contributed by atoms with E-state index in [2.05, 4.69) is 6.58 Å². The van der Waals surface area contributed by atoms with Crippen molar-refractivity contribution in [2.75, 3.05) is 6.61 Å². The van der Waals surface area contributed by atoms with Crippen molar-refractivity contribution in [3.63, 3.8) is 0 Å². The van der Waals surface area contributed by atoms with Crippen LogP contribution < -0.4 is 0 Å². The van der Waals surface area contributed by atoms with Crippen LogP contribution in [0.3, 0.4) is 0 Å². The second kappa shape index (κ2) is 16.3. The predicted octanol–water partition coefficient (Wildman–Crippen LogP) is 6.27. The minimum Gasteiger partial charge on any atom is -0.386 e. The molecule has 1 saturated heterocycles. The Hall–Kier alpha value is -3.62. The Morgan fingerprint density at radius 3 is 1.42 bits per heavy atom. The van der Waals surface area contributed by atoms with Gasteiger partial charge in [0.25, 0.3) is 0 Å². The molecule has 6 nitrogen and oxygen atoms in total. The van der Waals surface area contributed by atoms with Crippen LogP contribution in [0.4, 0.5) is 0 Å². The van der Waals surface area contributed by atoms with Gasteiger partial charge in [-0.15, -0.1) is 6.58 Å². The first kappa shape index (κ1) is 30.8. The van der Waals surface area contributed by atoms with Crippen LogP contribution in [0.15, 0.2) is 134 Å². The third kappa shape index (κ3) is 8.94. The first-order valence-corrected chi connectivity index (χ1v) is 14.8. The fourth-order valence-electron chi connectivity index (χ4n) is 5.23. The Labute approximate surface area is 254 Å². The standard InChI is InChI=1S/C37H40O6/c1-2-32(38)34-36(41-25-30-19-11-5-12-20-30)37(42-26-31-21-13-6-14-22-31)35(40-24-29-17-9-4-10-18-29)33(43-34)27-39-23-28-15-7-3-8-16-28/h2-22,32-38H,1,23-27H2/t32?,33-,34+,35-,36+,37+/m1/s1. The van der Waals surface area contributed by atoms with Gasteiger partial charge in [-0.1, -0.05) is 127 Å². The fourth-order valence-corrected chi connectivity index (χ4v) is 5.23. The molecule has 6 atom stereocenters. The Morgan fingerprint density at radius 1 is 0.581 bits per heavy atom. The lowest BCUT2D eigenvalue weighted by Gasteiger charge is -2.47. The molecule has 0 aliphatic carbocycles. The largest absolute Gasteiger partial charge is 0.386 e. The topological polar surface area (TPSA) is 66.4 Å². The van der Waals surface area contributed by atoms with Crippen LogP contribution >= 0.6 is 0 Å². The van der Waals surface area contributed by atoms with Crippen LogP contribution in [0.5, 0.6) is 0 Å². The molecule has 224 valence electrons. The van der Waals surface area contributed by atoms with Crippen LogP contribution in [-0.4, -0.2) is 48.3 Å². The van der Waals surface area contributed by atoms with E-state index in [1.807, 2.05) is 121 Å². The zero-order valence-corrected chi connectivity index (χ0v) is 24.3. The van der Waals surface area contributed by atoms with E-state index in [9.17, 15) is 5.11 Å². The van der Waals surface area contributed by atoms with Crippen molar-refractivity contribution in [3.05, 3.63) is 156 Å². The third-order valence-corrected chi connectivity index (χ3v) is 7.50.